The molecular formula is C17H18O5. The zero-order valence-electron chi connectivity index (χ0n) is 12.1. The highest BCUT2D eigenvalue weighted by molar-refractivity contribution is 5.91. The number of aromatic hydroxyl groups is 1. The van der Waals surface area contributed by atoms with Gasteiger partial charge < -0.3 is 19.7 Å². The summed E-state index contributed by atoms with van der Waals surface area (Å²) in [6.45, 7) is 1.06. The van der Waals surface area contributed by atoms with Crippen molar-refractivity contribution in [1.82, 2.24) is 0 Å². The molecule has 0 saturated heterocycles. The van der Waals surface area contributed by atoms with Crippen LogP contribution < -0.4 is 9.47 Å². The molecule has 2 N–H and O–H groups in total. The Bertz CT molecular complexity index is 610. The van der Waals surface area contributed by atoms with Crippen LogP contribution >= 0.6 is 0 Å². The van der Waals surface area contributed by atoms with Gasteiger partial charge in [0.2, 0.25) is 0 Å². The van der Waals surface area contributed by atoms with E-state index in [9.17, 15) is 9.90 Å². The molecule has 0 fully saturated rings. The highest BCUT2D eigenvalue weighted by Gasteiger charge is 2.10. The Morgan fingerprint density at radius 2 is 1.55 bits per heavy atom. The van der Waals surface area contributed by atoms with Gasteiger partial charge in [-0.1, -0.05) is 18.2 Å². The third-order valence-corrected chi connectivity index (χ3v) is 3.02. The van der Waals surface area contributed by atoms with Crippen molar-refractivity contribution in [2.24, 2.45) is 0 Å². The standard InChI is InChI=1S/C17H18O5/c18-16-9-8-14(12-15(16)17(19)20)22-11-5-4-10-21-13-6-2-1-3-7-13/h1-3,6-9,12,18H,4-5,10-11H2,(H,19,20). The first-order chi connectivity index (χ1) is 10.7. The summed E-state index contributed by atoms with van der Waals surface area (Å²) in [6.07, 6.45) is 1.62. The summed E-state index contributed by atoms with van der Waals surface area (Å²) in [7, 11) is 0. The lowest BCUT2D eigenvalue weighted by Crippen LogP contribution is -2.03. The third kappa shape index (κ3) is 4.70. The maximum absolute atomic E-state index is 10.9. The molecule has 2 rings (SSSR count). The van der Waals surface area contributed by atoms with Crippen molar-refractivity contribution in [2.45, 2.75) is 12.8 Å². The molecule has 0 aliphatic rings. The second kappa shape index (κ2) is 7.93. The monoisotopic (exact) mass is 302 g/mol. The van der Waals surface area contributed by atoms with E-state index in [0.29, 0.717) is 19.0 Å². The van der Waals surface area contributed by atoms with Gasteiger partial charge >= 0.3 is 5.97 Å². The molecule has 0 saturated carbocycles. The van der Waals surface area contributed by atoms with E-state index >= 15 is 0 Å². The number of hydrogen-bond acceptors (Lipinski definition) is 4. The van der Waals surface area contributed by atoms with E-state index in [-0.39, 0.29) is 11.3 Å². The molecule has 0 bridgehead atoms. The molecule has 0 aromatic heterocycles. The number of para-hydroxylation sites is 1. The summed E-state index contributed by atoms with van der Waals surface area (Å²) in [6, 6.07) is 13.8. The van der Waals surface area contributed by atoms with Gasteiger partial charge in [-0.3, -0.25) is 0 Å². The van der Waals surface area contributed by atoms with Crippen LogP contribution in [0.2, 0.25) is 0 Å². The molecule has 0 amide bonds. The number of carboxylic acids is 1. The molecule has 5 nitrogen and oxygen atoms in total. The van der Waals surface area contributed by atoms with Gasteiger partial charge in [0.1, 0.15) is 22.8 Å². The third-order valence-electron chi connectivity index (χ3n) is 3.02. The van der Waals surface area contributed by atoms with Gasteiger partial charge in [-0.2, -0.15) is 0 Å². The van der Waals surface area contributed by atoms with E-state index in [1.165, 1.54) is 12.1 Å². The van der Waals surface area contributed by atoms with Crippen LogP contribution in [0.15, 0.2) is 48.5 Å². The first-order valence-corrected chi connectivity index (χ1v) is 7.04. The number of rotatable bonds is 8. The first kappa shape index (κ1) is 15.7. The topological polar surface area (TPSA) is 76.0 Å². The van der Waals surface area contributed by atoms with Crippen molar-refractivity contribution in [3.63, 3.8) is 0 Å². The number of aromatic carboxylic acids is 1. The van der Waals surface area contributed by atoms with E-state index in [4.69, 9.17) is 14.6 Å². The van der Waals surface area contributed by atoms with Crippen molar-refractivity contribution < 1.29 is 24.5 Å². The minimum absolute atomic E-state index is 0.162. The summed E-state index contributed by atoms with van der Waals surface area (Å²) < 4.78 is 11.0. The van der Waals surface area contributed by atoms with Crippen LogP contribution in [-0.2, 0) is 0 Å². The molecule has 0 aliphatic carbocycles. The van der Waals surface area contributed by atoms with Crippen LogP contribution in [0.5, 0.6) is 17.2 Å². The lowest BCUT2D eigenvalue weighted by Gasteiger charge is -2.08. The first-order valence-electron chi connectivity index (χ1n) is 7.04. The SMILES string of the molecule is O=C(O)c1cc(OCCCCOc2ccccc2)ccc1O. The van der Waals surface area contributed by atoms with Crippen molar-refractivity contribution in [1.29, 1.82) is 0 Å². The number of phenols is 1. The molecule has 0 heterocycles. The zero-order chi connectivity index (χ0) is 15.8. The van der Waals surface area contributed by atoms with E-state index in [1.54, 1.807) is 6.07 Å². The molecule has 22 heavy (non-hydrogen) atoms. The van der Waals surface area contributed by atoms with Gasteiger partial charge in [-0.05, 0) is 43.2 Å². The minimum atomic E-state index is -1.18. The molecule has 5 heteroatoms. The van der Waals surface area contributed by atoms with Crippen molar-refractivity contribution in [2.75, 3.05) is 13.2 Å². The quantitative estimate of drug-likeness (QED) is 0.731. The Kier molecular flexibility index (Phi) is 5.65. The largest absolute Gasteiger partial charge is 0.507 e. The Labute approximate surface area is 128 Å². The summed E-state index contributed by atoms with van der Waals surface area (Å²) >= 11 is 0. The van der Waals surface area contributed by atoms with Crippen LogP contribution in [0.25, 0.3) is 0 Å². The van der Waals surface area contributed by atoms with Gasteiger partial charge in [0, 0.05) is 0 Å². The lowest BCUT2D eigenvalue weighted by molar-refractivity contribution is 0.0693. The number of carboxylic acid groups (broad SMARTS) is 1. The Balaban J connectivity index is 1.68. The van der Waals surface area contributed by atoms with Crippen molar-refractivity contribution in [3.05, 3.63) is 54.1 Å². The van der Waals surface area contributed by atoms with Crippen LogP contribution in [0, 0.1) is 0 Å². The van der Waals surface area contributed by atoms with E-state index in [2.05, 4.69) is 0 Å². The van der Waals surface area contributed by atoms with E-state index < -0.39 is 5.97 Å². The number of benzene rings is 2. The highest BCUT2D eigenvalue weighted by atomic mass is 16.5. The summed E-state index contributed by atoms with van der Waals surface area (Å²) in [5, 5.41) is 18.3. The average Bonchev–Trinajstić information content (AvgIpc) is 2.53. The molecular weight excluding hydrogens is 284 g/mol. The predicted octanol–water partition coefficient (Wildman–Crippen LogP) is 3.33. The second-order valence-electron chi connectivity index (χ2n) is 4.70. The Morgan fingerprint density at radius 1 is 0.909 bits per heavy atom. The molecule has 2 aromatic carbocycles. The molecule has 116 valence electrons. The summed E-state index contributed by atoms with van der Waals surface area (Å²) in [4.78, 5) is 10.9. The molecule has 0 atom stereocenters. The molecule has 0 spiro atoms. The van der Waals surface area contributed by atoms with Crippen LogP contribution in [0.4, 0.5) is 0 Å². The Morgan fingerprint density at radius 3 is 2.18 bits per heavy atom. The maximum Gasteiger partial charge on any atom is 0.339 e. The Hall–Kier alpha value is -2.69. The van der Waals surface area contributed by atoms with Gasteiger partial charge in [0.05, 0.1) is 13.2 Å². The van der Waals surface area contributed by atoms with Crippen molar-refractivity contribution in [3.8, 4) is 17.2 Å². The highest BCUT2D eigenvalue weighted by Crippen LogP contribution is 2.23. The van der Waals surface area contributed by atoms with E-state index in [1.807, 2.05) is 30.3 Å². The fourth-order valence-electron chi connectivity index (χ4n) is 1.88. The predicted molar refractivity (Wildman–Crippen MR) is 81.7 cm³/mol. The fraction of sp³-hybridized carbons (Fsp3) is 0.235. The van der Waals surface area contributed by atoms with Gasteiger partial charge in [0.15, 0.2) is 0 Å². The summed E-state index contributed by atoms with van der Waals surface area (Å²) in [5.41, 5.74) is -0.162. The van der Waals surface area contributed by atoms with Gasteiger partial charge in [0.25, 0.3) is 0 Å². The number of carbonyl (C=O) groups is 1. The van der Waals surface area contributed by atoms with Crippen LogP contribution in [0.1, 0.15) is 23.2 Å². The zero-order valence-corrected chi connectivity index (χ0v) is 12.1. The van der Waals surface area contributed by atoms with Crippen LogP contribution in [0.3, 0.4) is 0 Å². The molecule has 0 aliphatic heterocycles. The second-order valence-corrected chi connectivity index (χ2v) is 4.70. The summed E-state index contributed by atoms with van der Waals surface area (Å²) in [5.74, 6) is -0.178. The molecule has 2 aromatic rings. The van der Waals surface area contributed by atoms with Crippen LogP contribution in [-0.4, -0.2) is 29.4 Å². The average molecular weight is 302 g/mol. The lowest BCUT2D eigenvalue weighted by atomic mass is 10.2. The van der Waals surface area contributed by atoms with Gasteiger partial charge in [-0.15, -0.1) is 0 Å². The smallest absolute Gasteiger partial charge is 0.339 e. The van der Waals surface area contributed by atoms with Crippen molar-refractivity contribution >= 4 is 5.97 Å². The number of ether oxygens (including phenoxy) is 2. The molecule has 0 unspecified atom stereocenters. The molecule has 0 radical (unpaired) electrons. The normalized spacial score (nSPS) is 10.2. The fourth-order valence-corrected chi connectivity index (χ4v) is 1.88. The van der Waals surface area contributed by atoms with Gasteiger partial charge in [-0.25, -0.2) is 4.79 Å². The number of hydrogen-bond donors (Lipinski definition) is 2. The maximum atomic E-state index is 10.9. The van der Waals surface area contributed by atoms with E-state index in [0.717, 1.165) is 18.6 Å². The minimum Gasteiger partial charge on any atom is -0.507 e. The number of unbranched alkanes of at least 4 members (excludes halogenated alkanes) is 1.